The molecule has 2 amide bonds. The van der Waals surface area contributed by atoms with Gasteiger partial charge in [0.05, 0.1) is 29.4 Å². The van der Waals surface area contributed by atoms with Crippen LogP contribution in [-0.2, 0) is 4.79 Å². The van der Waals surface area contributed by atoms with Crippen molar-refractivity contribution in [3.05, 3.63) is 114 Å². The Kier molecular flexibility index (Phi) is 6.63. The van der Waals surface area contributed by atoms with Crippen LogP contribution in [-0.4, -0.2) is 21.4 Å². The Bertz CT molecular complexity index is 1190. The van der Waals surface area contributed by atoms with Crippen molar-refractivity contribution < 1.29 is 9.59 Å². The molecule has 160 valence electrons. The summed E-state index contributed by atoms with van der Waals surface area (Å²) >= 11 is 6.17. The molecule has 4 rings (SSSR count). The molecule has 2 N–H and O–H groups in total. The lowest BCUT2D eigenvalue weighted by Crippen LogP contribution is -2.31. The fraction of sp³-hybridized carbons (Fsp3) is 0.0800. The first-order valence-corrected chi connectivity index (χ1v) is 10.5. The highest BCUT2D eigenvalue weighted by atomic mass is 35.5. The van der Waals surface area contributed by atoms with Gasteiger partial charge < -0.3 is 15.2 Å². The number of nitrogens with zero attached hydrogens (tertiary/aromatic N) is 2. The largest absolute Gasteiger partial charge is 0.345 e. The summed E-state index contributed by atoms with van der Waals surface area (Å²) in [7, 11) is 0. The van der Waals surface area contributed by atoms with E-state index in [0.29, 0.717) is 16.3 Å². The Morgan fingerprint density at radius 1 is 0.938 bits per heavy atom. The zero-order chi connectivity index (χ0) is 22.3. The minimum absolute atomic E-state index is 0.0729. The summed E-state index contributed by atoms with van der Waals surface area (Å²) < 4.78 is 1.88. The number of nitrogens with one attached hydrogen (secondary N) is 2. The predicted molar refractivity (Wildman–Crippen MR) is 125 cm³/mol. The van der Waals surface area contributed by atoms with Crippen LogP contribution in [0, 0.1) is 0 Å². The van der Waals surface area contributed by atoms with E-state index in [4.69, 9.17) is 11.6 Å². The van der Waals surface area contributed by atoms with Crippen molar-refractivity contribution in [1.82, 2.24) is 14.9 Å². The van der Waals surface area contributed by atoms with Crippen LogP contribution >= 0.6 is 11.6 Å². The zero-order valence-corrected chi connectivity index (χ0v) is 17.9. The fourth-order valence-electron chi connectivity index (χ4n) is 3.35. The van der Waals surface area contributed by atoms with Gasteiger partial charge in [0.2, 0.25) is 5.91 Å². The molecule has 0 bridgehead atoms. The van der Waals surface area contributed by atoms with Gasteiger partial charge in [-0.1, -0.05) is 54.1 Å². The van der Waals surface area contributed by atoms with E-state index in [2.05, 4.69) is 15.6 Å². The fourth-order valence-corrected chi connectivity index (χ4v) is 3.57. The predicted octanol–water partition coefficient (Wildman–Crippen LogP) is 5.03. The number of carbonyl (C=O) groups excluding carboxylic acids is 2. The van der Waals surface area contributed by atoms with Gasteiger partial charge in [-0.15, -0.1) is 0 Å². The van der Waals surface area contributed by atoms with Crippen LogP contribution < -0.4 is 10.6 Å². The van der Waals surface area contributed by atoms with Crippen LogP contribution in [0.4, 0.5) is 5.69 Å². The molecule has 0 radical (unpaired) electrons. The van der Waals surface area contributed by atoms with Gasteiger partial charge in [0, 0.05) is 23.8 Å². The van der Waals surface area contributed by atoms with Gasteiger partial charge >= 0.3 is 0 Å². The van der Waals surface area contributed by atoms with Gasteiger partial charge in [-0.2, -0.15) is 0 Å². The monoisotopic (exact) mass is 444 g/mol. The Balaban J connectivity index is 1.46. The number of amides is 2. The van der Waals surface area contributed by atoms with E-state index in [-0.39, 0.29) is 18.2 Å². The van der Waals surface area contributed by atoms with Crippen LogP contribution in [0.1, 0.15) is 28.4 Å². The molecule has 1 atom stereocenters. The SMILES string of the molecule is O=C(CC(NC(=O)c1ccccc1Cl)c1ccccc1)Nc1ccc(-n2ccnc2)cc1. The summed E-state index contributed by atoms with van der Waals surface area (Å²) in [5.41, 5.74) is 2.81. The molecule has 0 aliphatic carbocycles. The average molecular weight is 445 g/mol. The van der Waals surface area contributed by atoms with Crippen molar-refractivity contribution in [3.8, 4) is 5.69 Å². The van der Waals surface area contributed by atoms with Crippen molar-refractivity contribution in [3.63, 3.8) is 0 Å². The zero-order valence-electron chi connectivity index (χ0n) is 17.1. The molecule has 0 saturated carbocycles. The molecule has 1 aromatic heterocycles. The van der Waals surface area contributed by atoms with Gasteiger partial charge in [-0.05, 0) is 42.0 Å². The minimum atomic E-state index is -0.509. The lowest BCUT2D eigenvalue weighted by atomic mass is 10.0. The summed E-state index contributed by atoms with van der Waals surface area (Å²) in [5.74, 6) is -0.546. The molecule has 0 aliphatic heterocycles. The van der Waals surface area contributed by atoms with E-state index < -0.39 is 6.04 Å². The number of aromatic nitrogens is 2. The van der Waals surface area contributed by atoms with Crippen molar-refractivity contribution >= 4 is 29.1 Å². The lowest BCUT2D eigenvalue weighted by Gasteiger charge is -2.19. The van der Waals surface area contributed by atoms with E-state index in [1.54, 1.807) is 36.8 Å². The Labute approximate surface area is 190 Å². The number of benzene rings is 3. The minimum Gasteiger partial charge on any atom is -0.345 e. The second kappa shape index (κ2) is 9.94. The van der Waals surface area contributed by atoms with E-state index in [0.717, 1.165) is 11.3 Å². The molecule has 0 fully saturated rings. The highest BCUT2D eigenvalue weighted by molar-refractivity contribution is 6.33. The van der Waals surface area contributed by atoms with Crippen LogP contribution in [0.15, 0.2) is 97.6 Å². The Morgan fingerprint density at radius 3 is 2.34 bits per heavy atom. The summed E-state index contributed by atoms with van der Waals surface area (Å²) in [6.07, 6.45) is 5.33. The Morgan fingerprint density at radius 2 is 1.66 bits per heavy atom. The van der Waals surface area contributed by atoms with Gasteiger partial charge in [0.25, 0.3) is 5.91 Å². The van der Waals surface area contributed by atoms with Crippen molar-refractivity contribution in [2.24, 2.45) is 0 Å². The lowest BCUT2D eigenvalue weighted by molar-refractivity contribution is -0.116. The standard InChI is InChI=1S/C25H21ClN4O2/c26-22-9-5-4-8-21(22)25(32)29-23(18-6-2-1-3-7-18)16-24(31)28-19-10-12-20(13-11-19)30-15-14-27-17-30/h1-15,17,23H,16H2,(H,28,31)(H,29,32). The van der Waals surface area contributed by atoms with Crippen molar-refractivity contribution in [1.29, 1.82) is 0 Å². The highest BCUT2D eigenvalue weighted by Gasteiger charge is 2.20. The molecular formula is C25H21ClN4O2. The molecule has 4 aromatic rings. The summed E-state index contributed by atoms with van der Waals surface area (Å²) in [6, 6.07) is 23.1. The summed E-state index contributed by atoms with van der Waals surface area (Å²) in [5, 5.41) is 6.20. The van der Waals surface area contributed by atoms with Gasteiger partial charge in [0.1, 0.15) is 0 Å². The van der Waals surface area contributed by atoms with Gasteiger partial charge in [0.15, 0.2) is 0 Å². The second-order valence-electron chi connectivity index (χ2n) is 7.19. The molecule has 0 saturated heterocycles. The quantitative estimate of drug-likeness (QED) is 0.420. The normalized spacial score (nSPS) is 11.5. The van der Waals surface area contributed by atoms with Crippen molar-refractivity contribution in [2.75, 3.05) is 5.32 Å². The van der Waals surface area contributed by atoms with E-state index in [9.17, 15) is 9.59 Å². The van der Waals surface area contributed by atoms with E-state index in [1.165, 1.54) is 0 Å². The number of halogens is 1. The summed E-state index contributed by atoms with van der Waals surface area (Å²) in [4.78, 5) is 29.6. The van der Waals surface area contributed by atoms with Gasteiger partial charge in [-0.3, -0.25) is 9.59 Å². The molecule has 0 spiro atoms. The first-order valence-electron chi connectivity index (χ1n) is 10.1. The van der Waals surface area contributed by atoms with Crippen LogP contribution in [0.25, 0.3) is 5.69 Å². The number of anilines is 1. The molecular weight excluding hydrogens is 424 g/mol. The Hall–Kier alpha value is -3.90. The molecule has 6 nitrogen and oxygen atoms in total. The molecule has 3 aromatic carbocycles. The van der Waals surface area contributed by atoms with Crippen LogP contribution in [0.5, 0.6) is 0 Å². The van der Waals surface area contributed by atoms with E-state index >= 15 is 0 Å². The maximum atomic E-state index is 12.8. The van der Waals surface area contributed by atoms with Crippen molar-refractivity contribution in [2.45, 2.75) is 12.5 Å². The maximum absolute atomic E-state index is 12.8. The first-order chi connectivity index (χ1) is 15.6. The van der Waals surface area contributed by atoms with E-state index in [1.807, 2.05) is 65.4 Å². The van der Waals surface area contributed by atoms with Crippen LogP contribution in [0.3, 0.4) is 0 Å². The summed E-state index contributed by atoms with van der Waals surface area (Å²) in [6.45, 7) is 0. The molecule has 1 heterocycles. The third kappa shape index (κ3) is 5.22. The molecule has 7 heteroatoms. The first kappa shape index (κ1) is 21.3. The second-order valence-corrected chi connectivity index (χ2v) is 7.59. The number of hydrogen-bond donors (Lipinski definition) is 2. The number of hydrogen-bond acceptors (Lipinski definition) is 3. The third-order valence-corrected chi connectivity index (χ3v) is 5.30. The third-order valence-electron chi connectivity index (χ3n) is 4.97. The molecule has 1 unspecified atom stereocenters. The van der Waals surface area contributed by atoms with Gasteiger partial charge in [-0.25, -0.2) is 4.98 Å². The maximum Gasteiger partial charge on any atom is 0.253 e. The number of imidazole rings is 1. The van der Waals surface area contributed by atoms with Crippen LogP contribution in [0.2, 0.25) is 5.02 Å². The number of rotatable bonds is 7. The topological polar surface area (TPSA) is 76.0 Å². The molecule has 0 aliphatic rings. The number of carbonyl (C=O) groups is 2. The highest BCUT2D eigenvalue weighted by Crippen LogP contribution is 2.21. The smallest absolute Gasteiger partial charge is 0.253 e. The molecule has 32 heavy (non-hydrogen) atoms. The average Bonchev–Trinajstić information content (AvgIpc) is 3.35.